The molecule has 0 aliphatic heterocycles. The number of anilines is 1. The van der Waals surface area contributed by atoms with Gasteiger partial charge in [-0.05, 0) is 67.1 Å². The number of nitrogens with zero attached hydrogens (tertiary/aromatic N) is 5. The van der Waals surface area contributed by atoms with Crippen LogP contribution in [0.4, 0.5) is 5.95 Å². The highest BCUT2D eigenvalue weighted by Gasteiger charge is 2.35. The lowest BCUT2D eigenvalue weighted by Crippen LogP contribution is -2.53. The Morgan fingerprint density at radius 2 is 1.72 bits per heavy atom. The molecule has 1 atom stereocenters. The Balaban J connectivity index is 1.53. The topological polar surface area (TPSA) is 94.0 Å². The van der Waals surface area contributed by atoms with E-state index >= 15 is 0 Å². The van der Waals surface area contributed by atoms with Crippen LogP contribution in [0.15, 0.2) is 73.3 Å². The fourth-order valence-corrected chi connectivity index (χ4v) is 5.58. The summed E-state index contributed by atoms with van der Waals surface area (Å²) < 4.78 is 1.94. The first-order valence-electron chi connectivity index (χ1n) is 12.7. The Morgan fingerprint density at radius 3 is 2.50 bits per heavy atom. The molecule has 3 N–H and O–H groups in total. The number of nitrogens with one attached hydrogen (secondary N) is 1. The highest BCUT2D eigenvalue weighted by molar-refractivity contribution is 5.95. The molecule has 36 heavy (non-hydrogen) atoms. The molecule has 1 saturated carbocycles. The monoisotopic (exact) mass is 477 g/mol. The number of benzene rings is 2. The van der Waals surface area contributed by atoms with Gasteiger partial charge in [0.2, 0.25) is 5.95 Å². The lowest BCUT2D eigenvalue weighted by atomic mass is 9.84. The summed E-state index contributed by atoms with van der Waals surface area (Å²) in [4.78, 5) is 9.41. The molecule has 0 saturated heterocycles. The standard InChI is InChI=1S/C29H31N7/c1-29(2,26(30)21-8-4-5-9-21)34-28-33-25(20-13-15-31-16-14-20)24(27-35-32-18-36(27)28)23-12-11-19-7-3-6-10-22(19)17-23/h3,6-7,10-18,21,26H,4-5,8-9,30H2,1-2H3,(H,33,34). The van der Waals surface area contributed by atoms with Crippen LogP contribution >= 0.6 is 0 Å². The van der Waals surface area contributed by atoms with E-state index in [2.05, 4.69) is 76.8 Å². The van der Waals surface area contributed by atoms with Crippen LogP contribution in [0.25, 0.3) is 38.8 Å². The van der Waals surface area contributed by atoms with Crippen molar-refractivity contribution in [2.24, 2.45) is 11.7 Å². The van der Waals surface area contributed by atoms with E-state index in [9.17, 15) is 0 Å². The van der Waals surface area contributed by atoms with Gasteiger partial charge in [-0.2, -0.15) is 0 Å². The van der Waals surface area contributed by atoms with Crippen molar-refractivity contribution in [1.82, 2.24) is 24.6 Å². The van der Waals surface area contributed by atoms with Crippen molar-refractivity contribution in [2.45, 2.75) is 51.1 Å². The van der Waals surface area contributed by atoms with Gasteiger partial charge in [0.15, 0.2) is 5.65 Å². The lowest BCUT2D eigenvalue weighted by molar-refractivity contribution is 0.321. The zero-order valence-electron chi connectivity index (χ0n) is 20.7. The first-order valence-corrected chi connectivity index (χ1v) is 12.7. The summed E-state index contributed by atoms with van der Waals surface area (Å²) in [5.41, 5.74) is 11.0. The third-order valence-electron chi connectivity index (χ3n) is 7.62. The van der Waals surface area contributed by atoms with Gasteiger partial charge in [0.1, 0.15) is 6.33 Å². The Bertz CT molecular complexity index is 1520. The maximum atomic E-state index is 6.81. The van der Waals surface area contributed by atoms with Crippen molar-refractivity contribution in [3.63, 3.8) is 0 Å². The van der Waals surface area contributed by atoms with Gasteiger partial charge in [0.25, 0.3) is 0 Å². The third-order valence-corrected chi connectivity index (χ3v) is 7.62. The summed E-state index contributed by atoms with van der Waals surface area (Å²) in [6, 6.07) is 18.8. The van der Waals surface area contributed by atoms with E-state index in [4.69, 9.17) is 10.7 Å². The SMILES string of the molecule is CC(C)(Nc1nc(-c2ccncc2)c(-c2ccc3ccccc3c2)c2nncn12)C(N)C1CCCC1. The second-order valence-electron chi connectivity index (χ2n) is 10.4. The largest absolute Gasteiger partial charge is 0.349 e. The van der Waals surface area contributed by atoms with Crippen molar-refractivity contribution in [3.05, 3.63) is 73.3 Å². The molecule has 1 aliphatic rings. The van der Waals surface area contributed by atoms with Crippen molar-refractivity contribution < 1.29 is 0 Å². The van der Waals surface area contributed by atoms with E-state index < -0.39 is 0 Å². The van der Waals surface area contributed by atoms with Crippen molar-refractivity contribution in [3.8, 4) is 22.4 Å². The Labute approximate surface area is 210 Å². The molecule has 0 spiro atoms. The molecule has 7 nitrogen and oxygen atoms in total. The molecule has 3 aromatic heterocycles. The quantitative estimate of drug-likeness (QED) is 0.325. The summed E-state index contributed by atoms with van der Waals surface area (Å²) in [6.07, 6.45) is 10.2. The number of hydrogen-bond donors (Lipinski definition) is 2. The molecular weight excluding hydrogens is 446 g/mol. The van der Waals surface area contributed by atoms with Crippen LogP contribution in [0, 0.1) is 5.92 Å². The van der Waals surface area contributed by atoms with E-state index in [1.54, 1.807) is 18.7 Å². The number of rotatable bonds is 6. The summed E-state index contributed by atoms with van der Waals surface area (Å²) in [5.74, 6) is 1.20. The highest BCUT2D eigenvalue weighted by Crippen LogP contribution is 2.38. The number of fused-ring (bicyclic) bond motifs is 2. The van der Waals surface area contributed by atoms with Crippen LogP contribution in [0.2, 0.25) is 0 Å². The molecule has 0 radical (unpaired) electrons. The predicted molar refractivity (Wildman–Crippen MR) is 145 cm³/mol. The van der Waals surface area contributed by atoms with E-state index in [1.165, 1.54) is 36.5 Å². The Morgan fingerprint density at radius 1 is 0.972 bits per heavy atom. The maximum Gasteiger partial charge on any atom is 0.211 e. The van der Waals surface area contributed by atoms with Crippen LogP contribution in [0.1, 0.15) is 39.5 Å². The molecule has 1 aliphatic carbocycles. The average molecular weight is 478 g/mol. The van der Waals surface area contributed by atoms with Crippen LogP contribution in [0.5, 0.6) is 0 Å². The van der Waals surface area contributed by atoms with Crippen molar-refractivity contribution >= 4 is 22.4 Å². The zero-order chi connectivity index (χ0) is 24.7. The number of pyridine rings is 1. The lowest BCUT2D eigenvalue weighted by Gasteiger charge is -2.37. The fraction of sp³-hybridized carbons (Fsp3) is 0.310. The molecule has 1 unspecified atom stereocenters. The minimum absolute atomic E-state index is 0.0119. The normalized spacial score (nSPS) is 15.5. The van der Waals surface area contributed by atoms with Gasteiger partial charge in [-0.25, -0.2) is 4.98 Å². The minimum atomic E-state index is -0.362. The first kappa shape index (κ1) is 22.6. The molecule has 182 valence electrons. The highest BCUT2D eigenvalue weighted by atomic mass is 15.3. The van der Waals surface area contributed by atoms with Crippen LogP contribution in [-0.4, -0.2) is 36.1 Å². The van der Waals surface area contributed by atoms with Gasteiger partial charge < -0.3 is 11.1 Å². The summed E-state index contributed by atoms with van der Waals surface area (Å²) in [7, 11) is 0. The molecule has 0 bridgehead atoms. The molecule has 6 rings (SSSR count). The summed E-state index contributed by atoms with van der Waals surface area (Å²) in [6.45, 7) is 4.33. The average Bonchev–Trinajstić information content (AvgIpc) is 3.61. The smallest absolute Gasteiger partial charge is 0.211 e. The van der Waals surface area contributed by atoms with Gasteiger partial charge in [0, 0.05) is 29.5 Å². The summed E-state index contributed by atoms with van der Waals surface area (Å²) in [5, 5.41) is 14.9. The minimum Gasteiger partial charge on any atom is -0.349 e. The molecule has 0 amide bonds. The van der Waals surface area contributed by atoms with Crippen LogP contribution in [-0.2, 0) is 0 Å². The molecular formula is C29H31N7. The number of aromatic nitrogens is 5. The van der Waals surface area contributed by atoms with Crippen LogP contribution < -0.4 is 11.1 Å². The van der Waals surface area contributed by atoms with E-state index in [-0.39, 0.29) is 11.6 Å². The second-order valence-corrected chi connectivity index (χ2v) is 10.4. The van der Waals surface area contributed by atoms with Crippen molar-refractivity contribution in [2.75, 3.05) is 5.32 Å². The van der Waals surface area contributed by atoms with E-state index in [1.807, 2.05) is 16.5 Å². The van der Waals surface area contributed by atoms with Gasteiger partial charge in [-0.1, -0.05) is 49.2 Å². The number of hydrogen-bond acceptors (Lipinski definition) is 6. The predicted octanol–water partition coefficient (Wildman–Crippen LogP) is 5.71. The molecule has 3 heterocycles. The van der Waals surface area contributed by atoms with Gasteiger partial charge in [0.05, 0.1) is 11.3 Å². The van der Waals surface area contributed by atoms with Crippen LogP contribution in [0.3, 0.4) is 0 Å². The first-order chi connectivity index (χ1) is 17.5. The Kier molecular flexibility index (Phi) is 5.64. The molecule has 2 aromatic carbocycles. The maximum absolute atomic E-state index is 6.81. The molecule has 1 fully saturated rings. The Hall–Kier alpha value is -3.84. The second kappa shape index (κ2) is 8.99. The molecule has 5 aromatic rings. The molecule has 7 heteroatoms. The fourth-order valence-electron chi connectivity index (χ4n) is 5.58. The van der Waals surface area contributed by atoms with Gasteiger partial charge in [-0.15, -0.1) is 10.2 Å². The third kappa shape index (κ3) is 3.99. The summed E-state index contributed by atoms with van der Waals surface area (Å²) >= 11 is 0. The zero-order valence-corrected chi connectivity index (χ0v) is 20.7. The van der Waals surface area contributed by atoms with E-state index in [0.717, 1.165) is 28.0 Å². The van der Waals surface area contributed by atoms with Gasteiger partial charge in [-0.3, -0.25) is 9.38 Å². The van der Waals surface area contributed by atoms with Crippen molar-refractivity contribution in [1.29, 1.82) is 0 Å². The van der Waals surface area contributed by atoms with E-state index in [0.29, 0.717) is 11.9 Å². The van der Waals surface area contributed by atoms with Gasteiger partial charge >= 0.3 is 0 Å². The number of nitrogens with two attached hydrogens (primary N) is 1.